The molecule has 2 aromatic heterocycles. The van der Waals surface area contributed by atoms with Crippen LogP contribution in [0.15, 0.2) is 53.1 Å². The number of hydrogen-bond acceptors (Lipinski definition) is 4. The molecule has 0 aliphatic heterocycles. The predicted molar refractivity (Wildman–Crippen MR) is 75.4 cm³/mol. The van der Waals surface area contributed by atoms with Crippen LogP contribution >= 0.6 is 0 Å². The molecule has 0 amide bonds. The number of nitrogens with zero attached hydrogens (tertiary/aromatic N) is 1. The third-order valence-electron chi connectivity index (χ3n) is 2.98. The zero-order chi connectivity index (χ0) is 13.9. The fourth-order valence-corrected chi connectivity index (χ4v) is 2.13. The lowest BCUT2D eigenvalue weighted by Gasteiger charge is -2.02. The zero-order valence-electron chi connectivity index (χ0n) is 11.0. The molecular weight excluding hydrogens is 254 g/mol. The Morgan fingerprint density at radius 2 is 2.00 bits per heavy atom. The summed E-state index contributed by atoms with van der Waals surface area (Å²) in [4.78, 5) is 16.4. The van der Waals surface area contributed by atoms with Gasteiger partial charge >= 0.3 is 5.97 Å². The number of carbonyl (C=O) groups is 1. The second kappa shape index (κ2) is 5.17. The maximum atomic E-state index is 12.2. The molecule has 2 heterocycles. The number of aromatic nitrogens is 1. The van der Waals surface area contributed by atoms with Crippen molar-refractivity contribution in [1.82, 2.24) is 4.98 Å². The number of furan rings is 1. The number of benzene rings is 1. The Kier molecular flexibility index (Phi) is 3.21. The molecule has 20 heavy (non-hydrogen) atoms. The second-order valence-electron chi connectivity index (χ2n) is 4.25. The smallest absolute Gasteiger partial charge is 0.342 e. The predicted octanol–water partition coefficient (Wildman–Crippen LogP) is 3.67. The van der Waals surface area contributed by atoms with Crippen LogP contribution in [0.25, 0.3) is 22.4 Å². The van der Waals surface area contributed by atoms with Crippen LogP contribution in [0, 0.1) is 0 Å². The molecular formula is C16H13NO3. The van der Waals surface area contributed by atoms with E-state index in [1.807, 2.05) is 36.4 Å². The molecule has 4 nitrogen and oxygen atoms in total. The molecule has 4 heteroatoms. The Labute approximate surface area is 116 Å². The van der Waals surface area contributed by atoms with Crippen LogP contribution in [0.1, 0.15) is 17.3 Å². The highest BCUT2D eigenvalue weighted by Crippen LogP contribution is 2.32. The molecule has 3 rings (SSSR count). The first kappa shape index (κ1) is 12.4. The number of esters is 1. The van der Waals surface area contributed by atoms with Gasteiger partial charge in [0.1, 0.15) is 5.56 Å². The lowest BCUT2D eigenvalue weighted by atomic mass is 10.1. The fourth-order valence-electron chi connectivity index (χ4n) is 2.13. The normalized spacial score (nSPS) is 10.7. The average Bonchev–Trinajstić information content (AvgIpc) is 2.88. The molecule has 100 valence electrons. The molecule has 0 aliphatic carbocycles. The number of fused-ring (bicyclic) bond motifs is 1. The summed E-state index contributed by atoms with van der Waals surface area (Å²) >= 11 is 0. The lowest BCUT2D eigenvalue weighted by molar-refractivity contribution is 0.0529. The summed E-state index contributed by atoms with van der Waals surface area (Å²) in [5.41, 5.74) is 1.70. The van der Waals surface area contributed by atoms with E-state index in [2.05, 4.69) is 4.98 Å². The first-order valence-electron chi connectivity index (χ1n) is 6.41. The van der Waals surface area contributed by atoms with Gasteiger partial charge in [-0.3, -0.25) is 0 Å². The van der Waals surface area contributed by atoms with Crippen molar-refractivity contribution in [3.05, 3.63) is 54.2 Å². The summed E-state index contributed by atoms with van der Waals surface area (Å²) in [5.74, 6) is 0.107. The van der Waals surface area contributed by atoms with Gasteiger partial charge in [0.15, 0.2) is 5.76 Å². The van der Waals surface area contributed by atoms with Gasteiger partial charge in [-0.15, -0.1) is 0 Å². The van der Waals surface area contributed by atoms with E-state index in [0.29, 0.717) is 29.0 Å². The highest BCUT2D eigenvalue weighted by atomic mass is 16.5. The Balaban J connectivity index is 2.25. The third kappa shape index (κ3) is 2.05. The Morgan fingerprint density at radius 3 is 2.75 bits per heavy atom. The van der Waals surface area contributed by atoms with Crippen molar-refractivity contribution in [2.75, 3.05) is 6.61 Å². The summed E-state index contributed by atoms with van der Waals surface area (Å²) in [6, 6.07) is 13.1. The summed E-state index contributed by atoms with van der Waals surface area (Å²) < 4.78 is 10.9. The van der Waals surface area contributed by atoms with Crippen molar-refractivity contribution < 1.29 is 13.9 Å². The number of carbonyl (C=O) groups excluding carboxylic acids is 1. The van der Waals surface area contributed by atoms with Crippen LogP contribution in [-0.4, -0.2) is 17.6 Å². The van der Waals surface area contributed by atoms with Crippen LogP contribution in [0.3, 0.4) is 0 Å². The quantitative estimate of drug-likeness (QED) is 0.679. The Morgan fingerprint density at radius 1 is 1.20 bits per heavy atom. The molecule has 0 N–H and O–H groups in total. The largest absolute Gasteiger partial charge is 0.462 e. The molecule has 0 saturated heterocycles. The van der Waals surface area contributed by atoms with Gasteiger partial charge in [-0.1, -0.05) is 30.3 Å². The summed E-state index contributed by atoms with van der Waals surface area (Å²) in [7, 11) is 0. The first-order valence-corrected chi connectivity index (χ1v) is 6.41. The molecule has 3 aromatic rings. The van der Waals surface area contributed by atoms with Crippen LogP contribution in [-0.2, 0) is 4.74 Å². The standard InChI is InChI=1S/C16H13NO3/c1-2-19-16(18)13-12-9-6-10-17-15(12)20-14(13)11-7-4-3-5-8-11/h3-10H,2H2,1H3. The van der Waals surface area contributed by atoms with Crippen LogP contribution in [0.4, 0.5) is 0 Å². The highest BCUT2D eigenvalue weighted by Gasteiger charge is 2.23. The SMILES string of the molecule is CCOC(=O)c1c(-c2ccccc2)oc2ncccc12. The van der Waals surface area contributed by atoms with Gasteiger partial charge in [-0.2, -0.15) is 0 Å². The van der Waals surface area contributed by atoms with E-state index < -0.39 is 5.97 Å². The van der Waals surface area contributed by atoms with E-state index in [0.717, 1.165) is 5.56 Å². The van der Waals surface area contributed by atoms with Gasteiger partial charge < -0.3 is 9.15 Å². The molecule has 0 fully saturated rings. The van der Waals surface area contributed by atoms with Crippen LogP contribution < -0.4 is 0 Å². The number of ether oxygens (including phenoxy) is 1. The van der Waals surface area contributed by atoms with E-state index in [-0.39, 0.29) is 0 Å². The monoisotopic (exact) mass is 267 g/mol. The fraction of sp³-hybridized carbons (Fsp3) is 0.125. The number of hydrogen-bond donors (Lipinski definition) is 0. The van der Waals surface area contributed by atoms with Gasteiger partial charge in [0.2, 0.25) is 5.71 Å². The Bertz CT molecular complexity index is 747. The van der Waals surface area contributed by atoms with Gasteiger partial charge in [0.05, 0.1) is 12.0 Å². The lowest BCUT2D eigenvalue weighted by Crippen LogP contribution is -2.05. The van der Waals surface area contributed by atoms with E-state index in [1.54, 1.807) is 19.2 Å². The van der Waals surface area contributed by atoms with Crippen LogP contribution in [0.2, 0.25) is 0 Å². The summed E-state index contributed by atoms with van der Waals surface area (Å²) in [5, 5.41) is 0.671. The molecule has 1 aromatic carbocycles. The minimum atomic E-state index is -0.391. The third-order valence-corrected chi connectivity index (χ3v) is 2.98. The van der Waals surface area contributed by atoms with E-state index in [1.165, 1.54) is 0 Å². The molecule has 0 radical (unpaired) electrons. The van der Waals surface area contributed by atoms with Gasteiger partial charge in [-0.25, -0.2) is 9.78 Å². The zero-order valence-corrected chi connectivity index (χ0v) is 11.0. The molecule has 0 spiro atoms. The van der Waals surface area contributed by atoms with Crippen molar-refractivity contribution in [3.8, 4) is 11.3 Å². The van der Waals surface area contributed by atoms with Crippen molar-refractivity contribution in [2.45, 2.75) is 6.92 Å². The van der Waals surface area contributed by atoms with Crippen molar-refractivity contribution in [3.63, 3.8) is 0 Å². The van der Waals surface area contributed by atoms with Gasteiger partial charge in [0.25, 0.3) is 0 Å². The number of pyridine rings is 1. The molecule has 0 atom stereocenters. The molecule has 0 unspecified atom stereocenters. The van der Waals surface area contributed by atoms with E-state index in [9.17, 15) is 4.79 Å². The van der Waals surface area contributed by atoms with Crippen molar-refractivity contribution in [1.29, 1.82) is 0 Å². The van der Waals surface area contributed by atoms with E-state index >= 15 is 0 Å². The molecule has 0 bridgehead atoms. The average molecular weight is 267 g/mol. The van der Waals surface area contributed by atoms with Gasteiger partial charge in [0, 0.05) is 11.8 Å². The Hall–Kier alpha value is -2.62. The van der Waals surface area contributed by atoms with Crippen LogP contribution in [0.5, 0.6) is 0 Å². The maximum absolute atomic E-state index is 12.2. The van der Waals surface area contributed by atoms with Gasteiger partial charge in [-0.05, 0) is 19.1 Å². The maximum Gasteiger partial charge on any atom is 0.342 e. The molecule has 0 saturated carbocycles. The highest BCUT2D eigenvalue weighted by molar-refractivity contribution is 6.08. The number of rotatable bonds is 3. The van der Waals surface area contributed by atoms with Crippen molar-refractivity contribution >= 4 is 17.1 Å². The minimum Gasteiger partial charge on any atom is -0.462 e. The first-order chi connectivity index (χ1) is 9.81. The summed E-state index contributed by atoms with van der Waals surface area (Å²) in [6.07, 6.45) is 1.63. The summed E-state index contributed by atoms with van der Waals surface area (Å²) in [6.45, 7) is 2.10. The minimum absolute atomic E-state index is 0.319. The molecule has 0 aliphatic rings. The second-order valence-corrected chi connectivity index (χ2v) is 4.25. The van der Waals surface area contributed by atoms with Crippen molar-refractivity contribution in [2.24, 2.45) is 0 Å². The topological polar surface area (TPSA) is 52.3 Å². The van der Waals surface area contributed by atoms with E-state index in [4.69, 9.17) is 9.15 Å².